The molecule has 16 heavy (non-hydrogen) atoms. The highest BCUT2D eigenvalue weighted by atomic mass is 32.1. The highest BCUT2D eigenvalue weighted by molar-refractivity contribution is 7.12. The molecule has 1 aliphatic heterocycles. The number of hydrogen-bond donors (Lipinski definition) is 1. The Kier molecular flexibility index (Phi) is 3.46. The molecule has 0 aromatic carbocycles. The van der Waals surface area contributed by atoms with Crippen LogP contribution >= 0.6 is 11.3 Å². The fourth-order valence-electron chi connectivity index (χ4n) is 1.82. The predicted octanol–water partition coefficient (Wildman–Crippen LogP) is 1.58. The average molecular weight is 240 g/mol. The van der Waals surface area contributed by atoms with Crippen LogP contribution in [0.5, 0.6) is 0 Å². The number of thiophene rings is 1. The molecule has 1 amide bonds. The molecule has 1 atom stereocenters. The van der Waals surface area contributed by atoms with Gasteiger partial charge in [0, 0.05) is 19.7 Å². The molecule has 0 aliphatic carbocycles. The molecular formula is C11H16N2O2S. The largest absolute Gasteiger partial charge is 0.397 e. The van der Waals surface area contributed by atoms with Crippen LogP contribution in [0.4, 0.5) is 5.69 Å². The molecule has 2 rings (SSSR count). The van der Waals surface area contributed by atoms with E-state index >= 15 is 0 Å². The molecule has 1 unspecified atom stereocenters. The number of hydrogen-bond acceptors (Lipinski definition) is 4. The zero-order valence-corrected chi connectivity index (χ0v) is 10.1. The molecule has 1 saturated heterocycles. The first kappa shape index (κ1) is 11.4. The lowest BCUT2D eigenvalue weighted by Gasteiger charge is -2.21. The molecule has 1 fully saturated rings. The van der Waals surface area contributed by atoms with Crippen LogP contribution in [0.2, 0.25) is 0 Å². The maximum atomic E-state index is 12.2. The van der Waals surface area contributed by atoms with Gasteiger partial charge in [-0.25, -0.2) is 0 Å². The van der Waals surface area contributed by atoms with Crippen LogP contribution in [-0.4, -0.2) is 36.6 Å². The number of anilines is 1. The Morgan fingerprint density at radius 3 is 3.19 bits per heavy atom. The average Bonchev–Trinajstić information content (AvgIpc) is 2.55. The van der Waals surface area contributed by atoms with Gasteiger partial charge in [-0.1, -0.05) is 0 Å². The minimum Gasteiger partial charge on any atom is -0.397 e. The van der Waals surface area contributed by atoms with Gasteiger partial charge in [0.2, 0.25) is 0 Å². The number of nitrogen functional groups attached to an aromatic ring is 1. The van der Waals surface area contributed by atoms with Crippen molar-refractivity contribution >= 4 is 22.9 Å². The van der Waals surface area contributed by atoms with Gasteiger partial charge in [0.25, 0.3) is 5.91 Å². The standard InChI is InChI=1S/C11H16N2O2S/c1-8-7-13(4-2-5-15-8)11(14)10-9(12)3-6-16-10/h3,6,8H,2,4-5,7,12H2,1H3. The number of carbonyl (C=O) groups excluding carboxylic acids is 1. The summed E-state index contributed by atoms with van der Waals surface area (Å²) in [6, 6.07) is 1.77. The summed E-state index contributed by atoms with van der Waals surface area (Å²) < 4.78 is 5.51. The molecule has 0 spiro atoms. The third kappa shape index (κ3) is 2.36. The van der Waals surface area contributed by atoms with Gasteiger partial charge in [0.05, 0.1) is 11.8 Å². The molecule has 0 saturated carbocycles. The Morgan fingerprint density at radius 2 is 2.50 bits per heavy atom. The summed E-state index contributed by atoms with van der Waals surface area (Å²) in [5, 5.41) is 1.85. The normalized spacial score (nSPS) is 21.8. The lowest BCUT2D eigenvalue weighted by atomic mass is 10.3. The van der Waals surface area contributed by atoms with E-state index in [0.717, 1.165) is 19.6 Å². The second kappa shape index (κ2) is 4.84. The van der Waals surface area contributed by atoms with E-state index in [2.05, 4.69) is 0 Å². The summed E-state index contributed by atoms with van der Waals surface area (Å²) in [5.41, 5.74) is 6.33. The highest BCUT2D eigenvalue weighted by Crippen LogP contribution is 2.21. The highest BCUT2D eigenvalue weighted by Gasteiger charge is 2.23. The Balaban J connectivity index is 2.12. The molecule has 4 nitrogen and oxygen atoms in total. The van der Waals surface area contributed by atoms with E-state index in [9.17, 15) is 4.79 Å². The number of amides is 1. The minimum absolute atomic E-state index is 0.0323. The van der Waals surface area contributed by atoms with Gasteiger partial charge in [0.15, 0.2) is 0 Å². The first-order valence-corrected chi connectivity index (χ1v) is 6.30. The van der Waals surface area contributed by atoms with Gasteiger partial charge in [-0.05, 0) is 24.8 Å². The first-order valence-electron chi connectivity index (χ1n) is 5.42. The first-order chi connectivity index (χ1) is 7.68. The maximum absolute atomic E-state index is 12.2. The summed E-state index contributed by atoms with van der Waals surface area (Å²) in [5.74, 6) is 0.0323. The number of ether oxygens (including phenoxy) is 1. The zero-order valence-electron chi connectivity index (χ0n) is 9.31. The second-order valence-electron chi connectivity index (χ2n) is 3.99. The molecule has 2 N–H and O–H groups in total. The fourth-order valence-corrected chi connectivity index (χ4v) is 2.60. The number of carbonyl (C=O) groups is 1. The van der Waals surface area contributed by atoms with Crippen LogP contribution in [0.1, 0.15) is 23.0 Å². The Morgan fingerprint density at radius 1 is 1.69 bits per heavy atom. The molecule has 1 aromatic rings. The maximum Gasteiger partial charge on any atom is 0.266 e. The fraction of sp³-hybridized carbons (Fsp3) is 0.545. The van der Waals surface area contributed by atoms with Crippen molar-refractivity contribution < 1.29 is 9.53 Å². The van der Waals surface area contributed by atoms with E-state index in [-0.39, 0.29) is 12.0 Å². The molecule has 0 radical (unpaired) electrons. The smallest absolute Gasteiger partial charge is 0.266 e. The molecule has 2 heterocycles. The topological polar surface area (TPSA) is 55.6 Å². The summed E-state index contributed by atoms with van der Waals surface area (Å²) in [7, 11) is 0. The summed E-state index contributed by atoms with van der Waals surface area (Å²) in [6.07, 6.45) is 0.995. The lowest BCUT2D eigenvalue weighted by molar-refractivity contribution is 0.0566. The molecule has 5 heteroatoms. The van der Waals surface area contributed by atoms with E-state index < -0.39 is 0 Å². The molecule has 1 aliphatic rings. The van der Waals surface area contributed by atoms with Gasteiger partial charge in [-0.2, -0.15) is 0 Å². The van der Waals surface area contributed by atoms with Gasteiger partial charge < -0.3 is 15.4 Å². The van der Waals surface area contributed by atoms with E-state index in [1.54, 1.807) is 6.07 Å². The monoisotopic (exact) mass is 240 g/mol. The van der Waals surface area contributed by atoms with Gasteiger partial charge in [-0.3, -0.25) is 4.79 Å². The van der Waals surface area contributed by atoms with Crippen molar-refractivity contribution in [3.05, 3.63) is 16.3 Å². The van der Waals surface area contributed by atoms with Crippen LogP contribution < -0.4 is 5.73 Å². The third-order valence-corrected chi connectivity index (χ3v) is 3.55. The second-order valence-corrected chi connectivity index (χ2v) is 4.91. The molecule has 88 valence electrons. The molecule has 0 bridgehead atoms. The van der Waals surface area contributed by atoms with Crippen LogP contribution in [-0.2, 0) is 4.74 Å². The summed E-state index contributed by atoms with van der Waals surface area (Å²) >= 11 is 1.40. The van der Waals surface area contributed by atoms with Crippen molar-refractivity contribution in [3.63, 3.8) is 0 Å². The zero-order chi connectivity index (χ0) is 11.5. The van der Waals surface area contributed by atoms with E-state index in [1.165, 1.54) is 11.3 Å². The van der Waals surface area contributed by atoms with Crippen molar-refractivity contribution in [3.8, 4) is 0 Å². The van der Waals surface area contributed by atoms with Gasteiger partial charge in [0.1, 0.15) is 4.88 Å². The molecule has 1 aromatic heterocycles. The van der Waals surface area contributed by atoms with E-state index in [0.29, 0.717) is 17.1 Å². The molecular weight excluding hydrogens is 224 g/mol. The van der Waals surface area contributed by atoms with Crippen molar-refractivity contribution in [2.75, 3.05) is 25.4 Å². The van der Waals surface area contributed by atoms with Crippen molar-refractivity contribution in [1.82, 2.24) is 4.90 Å². The number of nitrogens with two attached hydrogens (primary N) is 1. The van der Waals surface area contributed by atoms with Crippen LogP contribution in [0, 0.1) is 0 Å². The van der Waals surface area contributed by atoms with Crippen LogP contribution in [0.25, 0.3) is 0 Å². The Labute approximate surface area is 99.0 Å². The summed E-state index contributed by atoms with van der Waals surface area (Å²) in [6.45, 7) is 4.12. The van der Waals surface area contributed by atoms with Gasteiger partial charge >= 0.3 is 0 Å². The SMILES string of the molecule is CC1CN(C(=O)c2sccc2N)CCCO1. The van der Waals surface area contributed by atoms with Crippen molar-refractivity contribution in [2.45, 2.75) is 19.4 Å². The van der Waals surface area contributed by atoms with E-state index in [1.807, 2.05) is 17.2 Å². The number of nitrogens with zero attached hydrogens (tertiary/aromatic N) is 1. The predicted molar refractivity (Wildman–Crippen MR) is 64.7 cm³/mol. The lowest BCUT2D eigenvalue weighted by Crippen LogP contribution is -2.35. The van der Waals surface area contributed by atoms with E-state index in [4.69, 9.17) is 10.5 Å². The number of rotatable bonds is 1. The Bertz CT molecular complexity index is 378. The quantitative estimate of drug-likeness (QED) is 0.811. The van der Waals surface area contributed by atoms with Crippen molar-refractivity contribution in [2.24, 2.45) is 0 Å². The third-order valence-electron chi connectivity index (χ3n) is 2.63. The van der Waals surface area contributed by atoms with Gasteiger partial charge in [-0.15, -0.1) is 11.3 Å². The van der Waals surface area contributed by atoms with Crippen molar-refractivity contribution in [1.29, 1.82) is 0 Å². The Hall–Kier alpha value is -1.07. The minimum atomic E-state index is 0.0323. The summed E-state index contributed by atoms with van der Waals surface area (Å²) in [4.78, 5) is 14.7. The van der Waals surface area contributed by atoms with Crippen LogP contribution in [0.3, 0.4) is 0 Å². The van der Waals surface area contributed by atoms with Crippen LogP contribution in [0.15, 0.2) is 11.4 Å².